The Bertz CT molecular complexity index is 525. The lowest BCUT2D eigenvalue weighted by atomic mass is 9.92. The van der Waals surface area contributed by atoms with Crippen LogP contribution in [-0.2, 0) is 5.41 Å². The molecule has 0 atom stereocenters. The van der Waals surface area contributed by atoms with Crippen LogP contribution < -0.4 is 0 Å². The van der Waals surface area contributed by atoms with Crippen molar-refractivity contribution in [3.05, 3.63) is 17.5 Å². The lowest BCUT2D eigenvalue weighted by Crippen LogP contribution is -2.51. The molecule has 1 aliphatic rings. The highest BCUT2D eigenvalue weighted by Gasteiger charge is 2.33. The monoisotopic (exact) mass is 318 g/mol. The number of nitrogens with one attached hydrogen (secondary N) is 1. The van der Waals surface area contributed by atoms with Crippen molar-refractivity contribution in [2.24, 2.45) is 0 Å². The van der Waals surface area contributed by atoms with Crippen LogP contribution in [0.1, 0.15) is 37.0 Å². The van der Waals surface area contributed by atoms with E-state index in [4.69, 9.17) is 0 Å². The molecule has 22 heavy (non-hydrogen) atoms. The van der Waals surface area contributed by atoms with Gasteiger partial charge in [-0.05, 0) is 6.07 Å². The van der Waals surface area contributed by atoms with Gasteiger partial charge < -0.3 is 4.90 Å². The molecule has 0 aromatic carbocycles. The predicted octanol–water partition coefficient (Wildman–Crippen LogP) is 2.03. The second kappa shape index (κ2) is 5.91. The molecule has 0 bridgehead atoms. The minimum absolute atomic E-state index is 0.142. The van der Waals surface area contributed by atoms with Crippen molar-refractivity contribution in [3.8, 4) is 0 Å². The Morgan fingerprint density at radius 1 is 1.23 bits per heavy atom. The maximum atomic E-state index is 12.3. The van der Waals surface area contributed by atoms with Crippen LogP contribution in [0.25, 0.3) is 0 Å². The van der Waals surface area contributed by atoms with Gasteiger partial charge in [0.1, 0.15) is 5.69 Å². The van der Waals surface area contributed by atoms with Crippen molar-refractivity contribution in [2.75, 3.05) is 32.7 Å². The topological polar surface area (TPSA) is 52.2 Å². The van der Waals surface area contributed by atoms with Crippen molar-refractivity contribution in [3.63, 3.8) is 0 Å². The van der Waals surface area contributed by atoms with Crippen LogP contribution in [0.5, 0.6) is 0 Å². The van der Waals surface area contributed by atoms with Gasteiger partial charge >= 0.3 is 6.18 Å². The molecule has 0 unspecified atom stereocenters. The first-order valence-corrected chi connectivity index (χ1v) is 7.20. The Kier molecular flexibility index (Phi) is 4.51. The fourth-order valence-corrected chi connectivity index (χ4v) is 2.34. The third-order valence-electron chi connectivity index (χ3n) is 3.67. The van der Waals surface area contributed by atoms with Crippen LogP contribution in [0.2, 0.25) is 0 Å². The van der Waals surface area contributed by atoms with Gasteiger partial charge in [0.2, 0.25) is 0 Å². The van der Waals surface area contributed by atoms with Crippen LogP contribution in [-0.4, -0.2) is 64.8 Å². The highest BCUT2D eigenvalue weighted by molar-refractivity contribution is 5.92. The fourth-order valence-electron chi connectivity index (χ4n) is 2.34. The Hall–Kier alpha value is -1.57. The summed E-state index contributed by atoms with van der Waals surface area (Å²) in [7, 11) is 0. The number of hydrogen-bond acceptors (Lipinski definition) is 3. The molecule has 0 saturated carbocycles. The first kappa shape index (κ1) is 16.8. The van der Waals surface area contributed by atoms with E-state index in [0.717, 1.165) is 5.69 Å². The zero-order valence-corrected chi connectivity index (χ0v) is 13.0. The summed E-state index contributed by atoms with van der Waals surface area (Å²) in [6.45, 7) is 6.11. The Morgan fingerprint density at radius 3 is 2.27 bits per heavy atom. The first-order valence-electron chi connectivity index (χ1n) is 7.20. The second-order valence-electron chi connectivity index (χ2n) is 6.60. The molecule has 1 aliphatic heterocycles. The van der Waals surface area contributed by atoms with E-state index in [9.17, 15) is 18.0 Å². The zero-order chi connectivity index (χ0) is 16.5. The largest absolute Gasteiger partial charge is 0.401 e. The molecule has 8 heteroatoms. The minimum atomic E-state index is -4.20. The predicted molar refractivity (Wildman–Crippen MR) is 75.7 cm³/mol. The molecule has 0 radical (unpaired) electrons. The van der Waals surface area contributed by atoms with E-state index in [1.165, 1.54) is 4.90 Å². The average molecular weight is 318 g/mol. The molecule has 1 saturated heterocycles. The summed E-state index contributed by atoms with van der Waals surface area (Å²) in [6.07, 6.45) is -4.20. The number of carbonyl (C=O) groups excluding carboxylic acids is 1. The first-order chi connectivity index (χ1) is 10.1. The number of aromatic nitrogens is 2. The molecule has 0 aliphatic carbocycles. The number of hydrogen-bond donors (Lipinski definition) is 1. The number of nitrogens with zero attached hydrogens (tertiary/aromatic N) is 3. The van der Waals surface area contributed by atoms with Gasteiger partial charge in [0.05, 0.1) is 6.54 Å². The van der Waals surface area contributed by atoms with E-state index in [0.29, 0.717) is 5.69 Å². The third kappa shape index (κ3) is 4.22. The number of carbonyl (C=O) groups is 1. The van der Waals surface area contributed by atoms with E-state index in [1.54, 1.807) is 11.0 Å². The van der Waals surface area contributed by atoms with Crippen molar-refractivity contribution in [1.82, 2.24) is 20.0 Å². The molecule has 5 nitrogen and oxygen atoms in total. The lowest BCUT2D eigenvalue weighted by Gasteiger charge is -2.34. The molecule has 1 aromatic rings. The number of H-pyrrole nitrogens is 1. The van der Waals surface area contributed by atoms with Crippen molar-refractivity contribution in [1.29, 1.82) is 0 Å². The summed E-state index contributed by atoms with van der Waals surface area (Å²) in [4.78, 5) is 15.2. The average Bonchev–Trinajstić information content (AvgIpc) is 2.86. The highest BCUT2D eigenvalue weighted by Crippen LogP contribution is 2.21. The molecule has 2 rings (SSSR count). The van der Waals surface area contributed by atoms with Gasteiger partial charge in [-0.1, -0.05) is 20.8 Å². The molecule has 124 valence electrons. The normalized spacial score (nSPS) is 17.8. The summed E-state index contributed by atoms with van der Waals surface area (Å²) in [5, 5.41) is 6.88. The quantitative estimate of drug-likeness (QED) is 0.908. The number of amides is 1. The van der Waals surface area contributed by atoms with E-state index < -0.39 is 12.7 Å². The number of aromatic amines is 1. The fraction of sp³-hybridized carbons (Fsp3) is 0.714. The number of halogens is 3. The molecule has 1 amide bonds. The second-order valence-corrected chi connectivity index (χ2v) is 6.60. The summed E-state index contributed by atoms with van der Waals surface area (Å²) < 4.78 is 37.0. The maximum Gasteiger partial charge on any atom is 0.401 e. The van der Waals surface area contributed by atoms with Crippen LogP contribution in [0.15, 0.2) is 6.07 Å². The van der Waals surface area contributed by atoms with Crippen LogP contribution >= 0.6 is 0 Å². The molecule has 1 fully saturated rings. The van der Waals surface area contributed by atoms with Crippen LogP contribution in [0.4, 0.5) is 13.2 Å². The molecular weight excluding hydrogens is 297 g/mol. The van der Waals surface area contributed by atoms with Gasteiger partial charge in [-0.3, -0.25) is 14.8 Å². The van der Waals surface area contributed by atoms with E-state index in [-0.39, 0.29) is 37.5 Å². The van der Waals surface area contributed by atoms with Crippen LogP contribution in [0.3, 0.4) is 0 Å². The van der Waals surface area contributed by atoms with Gasteiger partial charge in [-0.2, -0.15) is 18.3 Å². The summed E-state index contributed by atoms with van der Waals surface area (Å²) in [5.74, 6) is -0.238. The maximum absolute atomic E-state index is 12.3. The molecule has 1 N–H and O–H groups in total. The lowest BCUT2D eigenvalue weighted by molar-refractivity contribution is -0.148. The van der Waals surface area contributed by atoms with Gasteiger partial charge in [0.15, 0.2) is 0 Å². The summed E-state index contributed by atoms with van der Waals surface area (Å²) in [5.41, 5.74) is 1.03. The molecule has 1 aromatic heterocycles. The SMILES string of the molecule is CC(C)(C)c1cc(C(=O)N2CCN(CC(F)(F)F)CC2)n[nH]1. The molecule has 2 heterocycles. The van der Waals surface area contributed by atoms with Gasteiger partial charge in [-0.15, -0.1) is 0 Å². The highest BCUT2D eigenvalue weighted by atomic mass is 19.4. The third-order valence-corrected chi connectivity index (χ3v) is 3.67. The van der Waals surface area contributed by atoms with Gasteiger partial charge in [-0.25, -0.2) is 0 Å². The Morgan fingerprint density at radius 2 is 1.82 bits per heavy atom. The van der Waals surface area contributed by atoms with E-state index in [2.05, 4.69) is 10.2 Å². The zero-order valence-electron chi connectivity index (χ0n) is 13.0. The minimum Gasteiger partial charge on any atom is -0.335 e. The number of piperazine rings is 1. The summed E-state index contributed by atoms with van der Waals surface area (Å²) in [6, 6.07) is 1.71. The van der Waals surface area contributed by atoms with Crippen molar-refractivity contribution in [2.45, 2.75) is 32.4 Å². The number of rotatable bonds is 2. The molecular formula is C14H21F3N4O. The smallest absolute Gasteiger partial charge is 0.335 e. The standard InChI is InChI=1S/C14H21F3N4O/c1-13(2,3)11-8-10(18-19-11)12(22)21-6-4-20(5-7-21)9-14(15,16)17/h8H,4-7,9H2,1-3H3,(H,18,19). The van der Waals surface area contributed by atoms with Crippen LogP contribution in [0, 0.1) is 0 Å². The van der Waals surface area contributed by atoms with Gasteiger partial charge in [0, 0.05) is 37.3 Å². The van der Waals surface area contributed by atoms with Crippen molar-refractivity contribution < 1.29 is 18.0 Å². The van der Waals surface area contributed by atoms with Gasteiger partial charge in [0.25, 0.3) is 5.91 Å². The summed E-state index contributed by atoms with van der Waals surface area (Å²) >= 11 is 0. The van der Waals surface area contributed by atoms with E-state index in [1.807, 2.05) is 20.8 Å². The Labute approximate surface area is 127 Å². The van der Waals surface area contributed by atoms with E-state index >= 15 is 0 Å². The molecule has 0 spiro atoms. The number of alkyl halides is 3. The van der Waals surface area contributed by atoms with Crippen molar-refractivity contribution >= 4 is 5.91 Å². The Balaban J connectivity index is 1.94.